The lowest BCUT2D eigenvalue weighted by Gasteiger charge is -2.51. The smallest absolute Gasteiger partial charge is 0.250 e. The van der Waals surface area contributed by atoms with Crippen LogP contribution in [0.3, 0.4) is 0 Å². The zero-order valence-electron chi connectivity index (χ0n) is 13.7. The summed E-state index contributed by atoms with van der Waals surface area (Å²) < 4.78 is 43.7. The lowest BCUT2D eigenvalue weighted by Crippen LogP contribution is -2.68. The molecule has 0 radical (unpaired) electrons. The monoisotopic (exact) mass is 354 g/mol. The second-order valence-corrected chi connectivity index (χ2v) is 9.89. The molecule has 2 saturated heterocycles. The van der Waals surface area contributed by atoms with Crippen LogP contribution in [0.1, 0.15) is 25.7 Å². The molecule has 7 heteroatoms. The number of likely N-dealkylation sites (tertiary alicyclic amines) is 1. The van der Waals surface area contributed by atoms with E-state index in [0.717, 1.165) is 12.5 Å². The lowest BCUT2D eigenvalue weighted by molar-refractivity contribution is 0.0394. The Labute approximate surface area is 142 Å². The van der Waals surface area contributed by atoms with E-state index >= 15 is 0 Å². The third kappa shape index (κ3) is 2.62. The fraction of sp³-hybridized carbons (Fsp3) is 0.706. The maximum Gasteiger partial charge on any atom is 0.250 e. The molecule has 0 bridgehead atoms. The minimum absolute atomic E-state index is 0.0393. The normalized spacial score (nSPS) is 28.5. The first-order chi connectivity index (χ1) is 11.5. The minimum Gasteiger partial charge on any atom is -0.475 e. The van der Waals surface area contributed by atoms with Crippen molar-refractivity contribution in [1.29, 1.82) is 0 Å². The molecule has 0 aromatic carbocycles. The van der Waals surface area contributed by atoms with Crippen molar-refractivity contribution in [2.75, 3.05) is 32.0 Å². The number of nitrogens with zero attached hydrogens (tertiary/aromatic N) is 2. The Hall–Kier alpha value is -1.21. The molecular formula is C17H23FN2O3S. The number of hydrogen-bond donors (Lipinski definition) is 0. The van der Waals surface area contributed by atoms with Crippen molar-refractivity contribution < 1.29 is 17.5 Å². The van der Waals surface area contributed by atoms with Gasteiger partial charge in [0.15, 0.2) is 15.7 Å². The fourth-order valence-corrected chi connectivity index (χ4v) is 6.70. The van der Waals surface area contributed by atoms with Crippen molar-refractivity contribution in [1.82, 2.24) is 9.88 Å². The van der Waals surface area contributed by atoms with E-state index in [1.54, 1.807) is 0 Å². The zero-order valence-corrected chi connectivity index (χ0v) is 14.5. The zero-order chi connectivity index (χ0) is 16.8. The highest BCUT2D eigenvalue weighted by Crippen LogP contribution is 2.45. The van der Waals surface area contributed by atoms with Crippen LogP contribution in [0.5, 0.6) is 5.88 Å². The molecule has 5 nitrogen and oxygen atoms in total. The number of hydrogen-bond acceptors (Lipinski definition) is 5. The van der Waals surface area contributed by atoms with E-state index in [1.165, 1.54) is 37.6 Å². The molecule has 1 saturated carbocycles. The number of pyridine rings is 1. The van der Waals surface area contributed by atoms with Gasteiger partial charge in [-0.15, -0.1) is 0 Å². The summed E-state index contributed by atoms with van der Waals surface area (Å²) in [7, 11) is -3.11. The van der Waals surface area contributed by atoms with Gasteiger partial charge < -0.3 is 4.74 Å². The van der Waals surface area contributed by atoms with Gasteiger partial charge in [-0.1, -0.05) is 6.42 Å². The molecule has 1 spiro atoms. The standard InChI is InChI=1S/C17H23FN2O3S/c18-15-5-2-7-19-16(15)23-10-14-6-8-24(21,22)17(14)11-20(12-17)9-13-3-1-4-13/h2,5,7,13-14H,1,3-4,6,8-12H2. The van der Waals surface area contributed by atoms with Crippen molar-refractivity contribution in [3.8, 4) is 5.88 Å². The van der Waals surface area contributed by atoms with Crippen LogP contribution in [0.4, 0.5) is 4.39 Å². The summed E-state index contributed by atoms with van der Waals surface area (Å²) in [6.07, 6.45) is 5.90. The third-order valence-corrected chi connectivity index (χ3v) is 8.57. The quantitative estimate of drug-likeness (QED) is 0.808. The summed E-state index contributed by atoms with van der Waals surface area (Å²) in [6.45, 7) is 2.43. The molecule has 0 amide bonds. The molecule has 2 aliphatic heterocycles. The topological polar surface area (TPSA) is 59.5 Å². The van der Waals surface area contributed by atoms with Gasteiger partial charge in [0, 0.05) is 31.7 Å². The number of ether oxygens (including phenoxy) is 1. The molecule has 1 atom stereocenters. The number of halogens is 1. The van der Waals surface area contributed by atoms with Gasteiger partial charge in [0.25, 0.3) is 0 Å². The van der Waals surface area contributed by atoms with Gasteiger partial charge >= 0.3 is 0 Å². The van der Waals surface area contributed by atoms with Gasteiger partial charge in [0.1, 0.15) is 4.75 Å². The van der Waals surface area contributed by atoms with Gasteiger partial charge in [-0.05, 0) is 37.3 Å². The second kappa shape index (κ2) is 5.95. The van der Waals surface area contributed by atoms with Crippen LogP contribution < -0.4 is 4.74 Å². The minimum atomic E-state index is -3.11. The van der Waals surface area contributed by atoms with Gasteiger partial charge in [-0.25, -0.2) is 17.8 Å². The van der Waals surface area contributed by atoms with E-state index in [1.807, 2.05) is 0 Å². The number of aromatic nitrogens is 1. The Bertz CT molecular complexity index is 714. The molecule has 132 valence electrons. The molecule has 1 unspecified atom stereocenters. The fourth-order valence-electron chi connectivity index (χ4n) is 4.25. The maximum absolute atomic E-state index is 13.6. The van der Waals surface area contributed by atoms with Crippen LogP contribution in [-0.2, 0) is 9.84 Å². The van der Waals surface area contributed by atoms with E-state index in [-0.39, 0.29) is 24.2 Å². The predicted octanol–water partition coefficient (Wildman–Crippen LogP) is 1.89. The Morgan fingerprint density at radius 1 is 1.33 bits per heavy atom. The van der Waals surface area contributed by atoms with Crippen LogP contribution in [0, 0.1) is 17.7 Å². The Kier molecular flexibility index (Phi) is 4.03. The molecule has 1 aromatic heterocycles. The van der Waals surface area contributed by atoms with Gasteiger partial charge in [-0.3, -0.25) is 4.90 Å². The van der Waals surface area contributed by atoms with Crippen molar-refractivity contribution in [3.63, 3.8) is 0 Å². The highest BCUT2D eigenvalue weighted by atomic mass is 32.2. The van der Waals surface area contributed by atoms with Crippen LogP contribution in [0.25, 0.3) is 0 Å². The highest BCUT2D eigenvalue weighted by Gasteiger charge is 2.61. The van der Waals surface area contributed by atoms with Crippen LogP contribution in [0.15, 0.2) is 18.3 Å². The van der Waals surface area contributed by atoms with Crippen LogP contribution in [0.2, 0.25) is 0 Å². The molecule has 3 aliphatic rings. The first-order valence-corrected chi connectivity index (χ1v) is 10.3. The molecule has 1 aromatic rings. The molecule has 3 fully saturated rings. The largest absolute Gasteiger partial charge is 0.475 e. The highest BCUT2D eigenvalue weighted by molar-refractivity contribution is 7.93. The van der Waals surface area contributed by atoms with E-state index in [0.29, 0.717) is 19.5 Å². The average Bonchev–Trinajstić information content (AvgIpc) is 2.72. The summed E-state index contributed by atoms with van der Waals surface area (Å²) >= 11 is 0. The van der Waals surface area contributed by atoms with Crippen molar-refractivity contribution in [2.24, 2.45) is 11.8 Å². The number of sulfone groups is 1. The lowest BCUT2D eigenvalue weighted by atomic mass is 9.80. The molecular weight excluding hydrogens is 331 g/mol. The molecule has 24 heavy (non-hydrogen) atoms. The van der Waals surface area contributed by atoms with Crippen molar-refractivity contribution in [3.05, 3.63) is 24.1 Å². The van der Waals surface area contributed by atoms with Gasteiger partial charge in [0.2, 0.25) is 5.88 Å². The Morgan fingerprint density at radius 2 is 2.12 bits per heavy atom. The van der Waals surface area contributed by atoms with E-state index in [2.05, 4.69) is 9.88 Å². The Morgan fingerprint density at radius 3 is 2.79 bits per heavy atom. The van der Waals surface area contributed by atoms with Crippen molar-refractivity contribution in [2.45, 2.75) is 30.4 Å². The van der Waals surface area contributed by atoms with Gasteiger partial charge in [0.05, 0.1) is 12.4 Å². The summed E-state index contributed by atoms with van der Waals surface area (Å²) in [6, 6.07) is 2.81. The SMILES string of the molecule is O=S1(=O)CCC(COc2ncccc2F)C12CN(CC1CCC1)C2. The van der Waals surface area contributed by atoms with Crippen LogP contribution in [-0.4, -0.2) is 55.0 Å². The summed E-state index contributed by atoms with van der Waals surface area (Å²) in [4.78, 5) is 6.15. The van der Waals surface area contributed by atoms with Crippen LogP contribution >= 0.6 is 0 Å². The first-order valence-electron chi connectivity index (χ1n) is 8.68. The molecule has 0 N–H and O–H groups in total. The van der Waals surface area contributed by atoms with Gasteiger partial charge in [-0.2, -0.15) is 0 Å². The van der Waals surface area contributed by atoms with Crippen molar-refractivity contribution >= 4 is 9.84 Å². The maximum atomic E-state index is 13.6. The average molecular weight is 354 g/mol. The predicted molar refractivity (Wildman–Crippen MR) is 88.1 cm³/mol. The number of rotatable bonds is 5. The molecule has 4 rings (SSSR count). The summed E-state index contributed by atoms with van der Waals surface area (Å²) in [5, 5.41) is 0. The third-order valence-electron chi connectivity index (χ3n) is 5.97. The first kappa shape index (κ1) is 16.3. The Balaban J connectivity index is 1.42. The van der Waals surface area contributed by atoms with E-state index in [4.69, 9.17) is 4.74 Å². The molecule has 1 aliphatic carbocycles. The molecule has 3 heterocycles. The second-order valence-electron chi connectivity index (χ2n) is 7.44. The van der Waals surface area contributed by atoms with E-state index in [9.17, 15) is 12.8 Å². The van der Waals surface area contributed by atoms with E-state index < -0.39 is 20.4 Å². The summed E-state index contributed by atoms with van der Waals surface area (Å²) in [5.41, 5.74) is 0. The summed E-state index contributed by atoms with van der Waals surface area (Å²) in [5.74, 6) is 0.323.